The van der Waals surface area contributed by atoms with Gasteiger partial charge in [-0.15, -0.1) is 0 Å². The van der Waals surface area contributed by atoms with Crippen LogP contribution in [0.25, 0.3) is 0 Å². The number of benzene rings is 1. The summed E-state index contributed by atoms with van der Waals surface area (Å²) in [7, 11) is -4.20. The van der Waals surface area contributed by atoms with Gasteiger partial charge in [-0.05, 0) is 37.1 Å². The van der Waals surface area contributed by atoms with E-state index >= 15 is 0 Å². The molecule has 19 heavy (non-hydrogen) atoms. The molecule has 0 unspecified atom stereocenters. The molecule has 0 saturated carbocycles. The van der Waals surface area contributed by atoms with Gasteiger partial charge in [-0.25, -0.2) is 0 Å². The second-order valence-corrected chi connectivity index (χ2v) is 4.98. The van der Waals surface area contributed by atoms with E-state index in [1.165, 1.54) is 24.3 Å². The fraction of sp³-hybridized carbons (Fsp3) is 0.200. The fourth-order valence-corrected chi connectivity index (χ4v) is 1.61. The Kier molecular flexibility index (Phi) is 7.24. The van der Waals surface area contributed by atoms with Gasteiger partial charge in [-0.2, -0.15) is 13.5 Å². The molecule has 9 heteroatoms. The van der Waals surface area contributed by atoms with Crippen molar-refractivity contribution >= 4 is 27.4 Å². The van der Waals surface area contributed by atoms with Crippen molar-refractivity contribution in [3.8, 4) is 0 Å². The molecule has 0 heterocycles. The normalized spacial score (nSPS) is 11.6. The van der Waals surface area contributed by atoms with Gasteiger partial charge in [0.1, 0.15) is 0 Å². The van der Waals surface area contributed by atoms with Crippen LogP contribution in [-0.2, 0) is 10.1 Å². The number of rotatable bonds is 5. The predicted molar refractivity (Wildman–Crippen MR) is 65.3 cm³/mol. The summed E-state index contributed by atoms with van der Waals surface area (Å²) in [5.74, 6) is -0.736. The van der Waals surface area contributed by atoms with E-state index < -0.39 is 16.0 Å². The third-order valence-electron chi connectivity index (χ3n) is 1.94. The first-order valence-electron chi connectivity index (χ1n) is 4.90. The van der Waals surface area contributed by atoms with Crippen molar-refractivity contribution in [2.24, 2.45) is 5.10 Å². The molecule has 0 spiro atoms. The first kappa shape index (κ1) is 18.1. The van der Waals surface area contributed by atoms with Gasteiger partial charge < -0.3 is 10.5 Å². The summed E-state index contributed by atoms with van der Waals surface area (Å²) < 4.78 is 30.3. The summed E-state index contributed by atoms with van der Waals surface area (Å²) in [6.07, 6.45) is -0.0733. The topological polar surface area (TPSA) is 126 Å². The van der Waals surface area contributed by atoms with E-state index in [0.29, 0.717) is 11.4 Å². The minimum atomic E-state index is -4.20. The first-order chi connectivity index (χ1) is 8.29. The molecule has 98 valence electrons. The molecule has 1 rings (SSSR count). The van der Waals surface area contributed by atoms with Crippen molar-refractivity contribution in [3.05, 3.63) is 24.3 Å². The largest absolute Gasteiger partial charge is 1.00 e. The van der Waals surface area contributed by atoms with Crippen LogP contribution in [0.1, 0.15) is 13.3 Å². The van der Waals surface area contributed by atoms with Gasteiger partial charge in [-0.3, -0.25) is 9.98 Å². The Morgan fingerprint density at radius 3 is 2.37 bits per heavy atom. The van der Waals surface area contributed by atoms with Crippen molar-refractivity contribution in [2.75, 3.05) is 5.43 Å². The summed E-state index contributed by atoms with van der Waals surface area (Å²) in [6, 6.07) is 5.28. The Morgan fingerprint density at radius 2 is 1.95 bits per heavy atom. The molecule has 0 saturated heterocycles. The Bertz CT molecular complexity index is 569. The number of hydrogen-bond acceptors (Lipinski definition) is 6. The first-order valence-corrected chi connectivity index (χ1v) is 6.34. The van der Waals surface area contributed by atoms with Crippen LogP contribution < -0.4 is 40.1 Å². The summed E-state index contributed by atoms with van der Waals surface area (Å²) in [6.45, 7) is 1.59. The SMILES string of the molecule is C/C(CC(=N)[O-])=N/Nc1ccc(S(=O)(=O)O)cc1.[Na+]. The van der Waals surface area contributed by atoms with Crippen LogP contribution in [0.5, 0.6) is 0 Å². The van der Waals surface area contributed by atoms with E-state index in [0.717, 1.165) is 0 Å². The molecule has 0 aliphatic rings. The maximum atomic E-state index is 10.8. The van der Waals surface area contributed by atoms with E-state index in [4.69, 9.17) is 9.96 Å². The summed E-state index contributed by atoms with van der Waals surface area (Å²) in [5, 5.41) is 21.1. The molecule has 1 aromatic carbocycles. The van der Waals surface area contributed by atoms with E-state index in [-0.39, 0.29) is 40.9 Å². The zero-order chi connectivity index (χ0) is 13.8. The molecule has 0 aliphatic carbocycles. The summed E-state index contributed by atoms with van der Waals surface area (Å²) in [4.78, 5) is -0.213. The van der Waals surface area contributed by atoms with Gasteiger partial charge in [0.15, 0.2) is 0 Å². The maximum absolute atomic E-state index is 10.8. The molecule has 0 atom stereocenters. The van der Waals surface area contributed by atoms with Gasteiger partial charge >= 0.3 is 29.6 Å². The van der Waals surface area contributed by atoms with Crippen molar-refractivity contribution in [1.82, 2.24) is 0 Å². The molecule has 0 fully saturated rings. The standard InChI is InChI=1S/C10H13N3O4S.Na/c1-7(6-10(11)14)12-13-8-2-4-9(5-3-8)18(15,16)17;/h2-5,13H,6H2,1H3,(H2,11,14)(H,15,16,17);/q;+1/p-1/b12-7-;. The number of hydrazone groups is 1. The average molecular weight is 293 g/mol. The third-order valence-corrected chi connectivity index (χ3v) is 2.81. The van der Waals surface area contributed by atoms with E-state index in [1.807, 2.05) is 0 Å². The Hall–Kier alpha value is -0.930. The minimum Gasteiger partial charge on any atom is -0.862 e. The van der Waals surface area contributed by atoms with Crippen LogP contribution in [0.15, 0.2) is 34.3 Å². The maximum Gasteiger partial charge on any atom is 1.00 e. The Labute approximate surface area is 133 Å². The average Bonchev–Trinajstić information content (AvgIpc) is 2.25. The van der Waals surface area contributed by atoms with Crippen LogP contribution >= 0.6 is 0 Å². The molecule has 3 N–H and O–H groups in total. The number of nitrogens with one attached hydrogen (secondary N) is 2. The van der Waals surface area contributed by atoms with Crippen LogP contribution in [0, 0.1) is 5.41 Å². The third kappa shape index (κ3) is 6.69. The van der Waals surface area contributed by atoms with E-state index in [9.17, 15) is 13.5 Å². The molecule has 7 nitrogen and oxygen atoms in total. The van der Waals surface area contributed by atoms with E-state index in [2.05, 4.69) is 10.5 Å². The second-order valence-electron chi connectivity index (χ2n) is 3.56. The second kappa shape index (κ2) is 7.61. The van der Waals surface area contributed by atoms with Crippen molar-refractivity contribution in [1.29, 1.82) is 5.41 Å². The van der Waals surface area contributed by atoms with Gasteiger partial charge in [0.25, 0.3) is 10.1 Å². The summed E-state index contributed by atoms with van der Waals surface area (Å²) >= 11 is 0. The molecular formula is C10H12N3NaO4S. The Morgan fingerprint density at radius 1 is 1.42 bits per heavy atom. The van der Waals surface area contributed by atoms with E-state index in [1.54, 1.807) is 6.92 Å². The van der Waals surface area contributed by atoms with Crippen LogP contribution in [0.3, 0.4) is 0 Å². The van der Waals surface area contributed by atoms with Crippen molar-refractivity contribution in [2.45, 2.75) is 18.2 Å². The Balaban J connectivity index is 0.00000324. The van der Waals surface area contributed by atoms with Crippen LogP contribution in [-0.4, -0.2) is 24.6 Å². The number of nitrogens with zero attached hydrogens (tertiary/aromatic N) is 1. The predicted octanol–water partition coefficient (Wildman–Crippen LogP) is -2.55. The van der Waals surface area contributed by atoms with Gasteiger partial charge in [-0.1, -0.05) is 0 Å². The smallest absolute Gasteiger partial charge is 0.862 e. The van der Waals surface area contributed by atoms with Crippen molar-refractivity contribution < 1.29 is 47.6 Å². The number of hydrogen-bond donors (Lipinski definition) is 3. The van der Waals surface area contributed by atoms with Crippen molar-refractivity contribution in [3.63, 3.8) is 0 Å². The molecule has 0 aliphatic heterocycles. The molecule has 0 amide bonds. The summed E-state index contributed by atoms with van der Waals surface area (Å²) in [5.41, 5.74) is 3.54. The zero-order valence-corrected chi connectivity index (χ0v) is 13.4. The van der Waals surface area contributed by atoms with Gasteiger partial charge in [0.2, 0.25) is 0 Å². The fourth-order valence-electron chi connectivity index (χ4n) is 1.13. The molecule has 0 radical (unpaired) electrons. The quantitative estimate of drug-likeness (QED) is 0.181. The minimum absolute atomic E-state index is 0. The van der Waals surface area contributed by atoms with Gasteiger partial charge in [0.05, 0.1) is 10.6 Å². The van der Waals surface area contributed by atoms with Crippen LogP contribution in [0.4, 0.5) is 5.69 Å². The number of anilines is 1. The monoisotopic (exact) mass is 293 g/mol. The zero-order valence-electron chi connectivity index (χ0n) is 10.5. The van der Waals surface area contributed by atoms with Crippen LogP contribution in [0.2, 0.25) is 0 Å². The molecule has 0 aromatic heterocycles. The van der Waals surface area contributed by atoms with Gasteiger partial charge in [0, 0.05) is 12.1 Å². The molecular weight excluding hydrogens is 281 g/mol. The molecule has 1 aromatic rings. The molecule has 0 bridgehead atoms.